The summed E-state index contributed by atoms with van der Waals surface area (Å²) >= 11 is 1.80. The van der Waals surface area contributed by atoms with Crippen LogP contribution in [-0.4, -0.2) is 39.3 Å². The Morgan fingerprint density at radius 3 is 2.75 bits per heavy atom. The van der Waals surface area contributed by atoms with Gasteiger partial charge in [0.1, 0.15) is 0 Å². The van der Waals surface area contributed by atoms with Gasteiger partial charge in [-0.15, -0.1) is 35.3 Å². The van der Waals surface area contributed by atoms with Crippen LogP contribution in [0.5, 0.6) is 0 Å². The summed E-state index contributed by atoms with van der Waals surface area (Å²) in [4.78, 5) is 5.66. The van der Waals surface area contributed by atoms with Crippen molar-refractivity contribution in [2.75, 3.05) is 33.4 Å². The van der Waals surface area contributed by atoms with Crippen molar-refractivity contribution in [1.82, 2.24) is 10.6 Å². The van der Waals surface area contributed by atoms with Gasteiger partial charge in [0.2, 0.25) is 0 Å². The molecule has 0 amide bonds. The van der Waals surface area contributed by atoms with Gasteiger partial charge >= 0.3 is 0 Å². The van der Waals surface area contributed by atoms with E-state index in [9.17, 15) is 0 Å². The van der Waals surface area contributed by atoms with E-state index in [0.29, 0.717) is 5.92 Å². The Balaban J connectivity index is 0.00000200. The molecule has 6 heteroatoms. The lowest BCUT2D eigenvalue weighted by Crippen LogP contribution is -2.51. The van der Waals surface area contributed by atoms with Crippen LogP contribution < -0.4 is 10.6 Å². The van der Waals surface area contributed by atoms with Crippen molar-refractivity contribution in [3.05, 3.63) is 22.4 Å². The van der Waals surface area contributed by atoms with Gasteiger partial charge in [-0.05, 0) is 11.4 Å². The number of rotatable bonds is 5. The van der Waals surface area contributed by atoms with E-state index in [0.717, 1.165) is 32.3 Å². The summed E-state index contributed by atoms with van der Waals surface area (Å²) < 4.78 is 5.25. The van der Waals surface area contributed by atoms with Crippen molar-refractivity contribution in [2.45, 2.75) is 19.8 Å². The van der Waals surface area contributed by atoms with Gasteiger partial charge in [0.25, 0.3) is 0 Å². The van der Waals surface area contributed by atoms with Crippen LogP contribution in [0, 0.1) is 5.41 Å². The van der Waals surface area contributed by atoms with Crippen LogP contribution in [0.15, 0.2) is 22.5 Å². The minimum Gasteiger partial charge on any atom is -0.380 e. The standard InChI is InChI=1S/C14H23N3OS.HI/c1-11(12-5-4-6-19-12)7-16-13(15-3)17-8-14(2)9-18-10-14;/h4-6,11H,7-10H2,1-3H3,(H2,15,16,17);1H. The summed E-state index contributed by atoms with van der Waals surface area (Å²) in [7, 11) is 1.81. The minimum absolute atomic E-state index is 0. The molecule has 0 spiro atoms. The SMILES string of the molecule is CN=C(NCC(C)c1cccs1)NCC1(C)COC1.I. The molecule has 1 fully saturated rings. The quantitative estimate of drug-likeness (QED) is 0.447. The second kappa shape index (κ2) is 8.19. The minimum atomic E-state index is 0. The molecule has 1 saturated heterocycles. The van der Waals surface area contributed by atoms with Crippen LogP contribution in [0.4, 0.5) is 0 Å². The van der Waals surface area contributed by atoms with Gasteiger partial charge in [-0.2, -0.15) is 0 Å². The van der Waals surface area contributed by atoms with E-state index in [1.165, 1.54) is 4.88 Å². The number of hydrogen-bond acceptors (Lipinski definition) is 3. The molecular weight excluding hydrogens is 385 g/mol. The first-order valence-corrected chi connectivity index (χ1v) is 7.57. The Hall–Kier alpha value is -0.340. The highest BCUT2D eigenvalue weighted by molar-refractivity contribution is 14.0. The fourth-order valence-corrected chi connectivity index (χ4v) is 2.78. The maximum Gasteiger partial charge on any atom is 0.191 e. The third kappa shape index (κ3) is 4.89. The summed E-state index contributed by atoms with van der Waals surface area (Å²) in [5, 5.41) is 8.88. The highest BCUT2D eigenvalue weighted by Crippen LogP contribution is 2.25. The largest absolute Gasteiger partial charge is 0.380 e. The van der Waals surface area contributed by atoms with Crippen molar-refractivity contribution in [3.8, 4) is 0 Å². The number of ether oxygens (including phenoxy) is 1. The highest BCUT2D eigenvalue weighted by Gasteiger charge is 2.33. The maximum atomic E-state index is 5.25. The fraction of sp³-hybridized carbons (Fsp3) is 0.643. The second-order valence-corrected chi connectivity index (χ2v) is 6.51. The van der Waals surface area contributed by atoms with Crippen LogP contribution >= 0.6 is 35.3 Å². The molecule has 2 heterocycles. The molecule has 2 N–H and O–H groups in total. The first kappa shape index (κ1) is 17.7. The van der Waals surface area contributed by atoms with E-state index in [2.05, 4.69) is 47.0 Å². The zero-order chi connectivity index (χ0) is 13.7. The van der Waals surface area contributed by atoms with Gasteiger partial charge in [-0.1, -0.05) is 19.9 Å². The number of nitrogens with zero attached hydrogens (tertiary/aromatic N) is 1. The number of thiophene rings is 1. The third-order valence-electron chi connectivity index (χ3n) is 3.41. The second-order valence-electron chi connectivity index (χ2n) is 5.53. The van der Waals surface area contributed by atoms with E-state index in [-0.39, 0.29) is 29.4 Å². The zero-order valence-corrected chi connectivity index (χ0v) is 15.5. The molecule has 1 aromatic heterocycles. The lowest BCUT2D eigenvalue weighted by Gasteiger charge is -2.38. The summed E-state index contributed by atoms with van der Waals surface area (Å²) in [6.07, 6.45) is 0. The van der Waals surface area contributed by atoms with Crippen molar-refractivity contribution < 1.29 is 4.74 Å². The molecule has 4 nitrogen and oxygen atoms in total. The Labute approximate surface area is 142 Å². The van der Waals surface area contributed by atoms with Crippen LogP contribution in [-0.2, 0) is 4.74 Å². The van der Waals surface area contributed by atoms with Crippen LogP contribution in [0.25, 0.3) is 0 Å². The lowest BCUT2D eigenvalue weighted by molar-refractivity contribution is -0.0971. The molecule has 20 heavy (non-hydrogen) atoms. The highest BCUT2D eigenvalue weighted by atomic mass is 127. The number of nitrogens with one attached hydrogen (secondary N) is 2. The molecule has 1 unspecified atom stereocenters. The molecule has 0 aromatic carbocycles. The summed E-state index contributed by atoms with van der Waals surface area (Å²) in [6.45, 7) is 7.93. The molecule has 0 radical (unpaired) electrons. The Bertz CT molecular complexity index is 418. The zero-order valence-electron chi connectivity index (χ0n) is 12.3. The average molecular weight is 409 g/mol. The molecule has 1 aliphatic rings. The smallest absolute Gasteiger partial charge is 0.191 e. The van der Waals surface area contributed by atoms with Crippen LogP contribution in [0.3, 0.4) is 0 Å². The molecule has 1 aliphatic heterocycles. The van der Waals surface area contributed by atoms with Crippen LogP contribution in [0.2, 0.25) is 0 Å². The van der Waals surface area contributed by atoms with Gasteiger partial charge in [0.05, 0.1) is 13.2 Å². The van der Waals surface area contributed by atoms with Crippen molar-refractivity contribution in [3.63, 3.8) is 0 Å². The first-order valence-electron chi connectivity index (χ1n) is 6.69. The summed E-state index contributed by atoms with van der Waals surface area (Å²) in [5.74, 6) is 1.37. The van der Waals surface area contributed by atoms with E-state index >= 15 is 0 Å². The Morgan fingerprint density at radius 2 is 2.25 bits per heavy atom. The van der Waals surface area contributed by atoms with Gasteiger partial charge in [-0.3, -0.25) is 4.99 Å². The van der Waals surface area contributed by atoms with Crippen molar-refractivity contribution >= 4 is 41.3 Å². The lowest BCUT2D eigenvalue weighted by atomic mass is 9.89. The molecule has 0 saturated carbocycles. The maximum absolute atomic E-state index is 5.25. The number of aliphatic imine (C=N–C) groups is 1. The first-order chi connectivity index (χ1) is 9.13. The van der Waals surface area contributed by atoms with E-state index in [4.69, 9.17) is 4.74 Å². The van der Waals surface area contributed by atoms with Gasteiger partial charge in [0.15, 0.2) is 5.96 Å². The van der Waals surface area contributed by atoms with Crippen molar-refractivity contribution in [1.29, 1.82) is 0 Å². The van der Waals surface area contributed by atoms with Crippen molar-refractivity contribution in [2.24, 2.45) is 10.4 Å². The number of hydrogen-bond donors (Lipinski definition) is 2. The topological polar surface area (TPSA) is 45.7 Å². The monoisotopic (exact) mass is 409 g/mol. The van der Waals surface area contributed by atoms with Gasteiger partial charge in [0, 0.05) is 36.3 Å². The number of guanidine groups is 1. The predicted molar refractivity (Wildman–Crippen MR) is 96.4 cm³/mol. The summed E-state index contributed by atoms with van der Waals surface area (Å²) in [5.41, 5.74) is 0.261. The van der Waals surface area contributed by atoms with E-state index < -0.39 is 0 Å². The third-order valence-corrected chi connectivity index (χ3v) is 4.52. The van der Waals surface area contributed by atoms with Gasteiger partial charge < -0.3 is 15.4 Å². The Morgan fingerprint density at radius 1 is 1.50 bits per heavy atom. The average Bonchev–Trinajstić information content (AvgIpc) is 2.90. The fourth-order valence-electron chi connectivity index (χ4n) is 1.99. The molecular formula is C14H24IN3OS. The van der Waals surface area contributed by atoms with Gasteiger partial charge in [-0.25, -0.2) is 0 Å². The summed E-state index contributed by atoms with van der Waals surface area (Å²) in [6, 6.07) is 4.28. The van der Waals surface area contributed by atoms with E-state index in [1.54, 1.807) is 11.3 Å². The number of halogens is 1. The molecule has 1 atom stereocenters. The normalized spacial score (nSPS) is 18.6. The molecule has 0 bridgehead atoms. The molecule has 1 aromatic rings. The predicted octanol–water partition coefficient (Wildman–Crippen LogP) is 2.67. The van der Waals surface area contributed by atoms with E-state index in [1.807, 2.05) is 7.05 Å². The molecule has 114 valence electrons. The van der Waals surface area contributed by atoms with Crippen LogP contribution in [0.1, 0.15) is 24.6 Å². The Kier molecular flexibility index (Phi) is 7.25. The molecule has 2 rings (SSSR count). The molecule has 0 aliphatic carbocycles.